The fraction of sp³-hybridized carbons (Fsp3) is 0.600. The molecule has 1 fully saturated rings. The first kappa shape index (κ1) is 15.9. The van der Waals surface area contributed by atoms with Crippen molar-refractivity contribution >= 4 is 22.4 Å². The quantitative estimate of drug-likeness (QED) is 0.899. The Morgan fingerprint density at radius 3 is 3.00 bits per heavy atom. The van der Waals surface area contributed by atoms with Crippen LogP contribution in [-0.4, -0.2) is 38.7 Å². The zero-order valence-electron chi connectivity index (χ0n) is 13.5. The van der Waals surface area contributed by atoms with Gasteiger partial charge < -0.3 is 15.2 Å². The minimum Gasteiger partial charge on any atom is -0.368 e. The highest BCUT2D eigenvalue weighted by atomic mass is 32.1. The van der Waals surface area contributed by atoms with Crippen molar-refractivity contribution < 1.29 is 4.79 Å². The lowest BCUT2D eigenvalue weighted by molar-refractivity contribution is -0.118. The summed E-state index contributed by atoms with van der Waals surface area (Å²) >= 11 is 1.66. The molecule has 3 rings (SSSR count). The summed E-state index contributed by atoms with van der Waals surface area (Å²) in [6.45, 7) is 6.28. The molecule has 2 aromatic rings. The Labute approximate surface area is 139 Å². The van der Waals surface area contributed by atoms with Crippen LogP contribution in [0.1, 0.15) is 49.4 Å². The van der Waals surface area contributed by atoms with Crippen LogP contribution in [0.5, 0.6) is 0 Å². The van der Waals surface area contributed by atoms with Crippen LogP contribution in [0.25, 0.3) is 0 Å². The molecule has 2 N–H and O–H groups in total. The number of amides is 1. The molecular formula is C15H22N6OS. The maximum atomic E-state index is 11.2. The topological polar surface area (TPSA) is 89.9 Å². The molecular weight excluding hydrogens is 312 g/mol. The zero-order valence-corrected chi connectivity index (χ0v) is 14.3. The van der Waals surface area contributed by atoms with Gasteiger partial charge in [-0.3, -0.25) is 4.79 Å². The summed E-state index contributed by atoms with van der Waals surface area (Å²) in [6.07, 6.45) is 5.69. The number of aromatic nitrogens is 4. The fourth-order valence-corrected chi connectivity index (χ4v) is 3.81. The fourth-order valence-electron chi connectivity index (χ4n) is 2.93. The Morgan fingerprint density at radius 2 is 2.30 bits per heavy atom. The van der Waals surface area contributed by atoms with Gasteiger partial charge in [-0.25, -0.2) is 4.98 Å². The van der Waals surface area contributed by atoms with Crippen LogP contribution >= 0.6 is 11.3 Å². The van der Waals surface area contributed by atoms with Crippen molar-refractivity contribution in [3.8, 4) is 0 Å². The second kappa shape index (κ2) is 6.66. The number of nitrogens with two attached hydrogens (primary N) is 1. The predicted molar refractivity (Wildman–Crippen MR) is 89.6 cm³/mol. The second-order valence-corrected chi connectivity index (χ2v) is 7.23. The number of nitrogens with zero attached hydrogens (tertiary/aromatic N) is 5. The zero-order chi connectivity index (χ0) is 16.4. The molecule has 2 aromatic heterocycles. The van der Waals surface area contributed by atoms with Crippen molar-refractivity contribution in [1.29, 1.82) is 0 Å². The number of rotatable bonds is 5. The summed E-state index contributed by atoms with van der Waals surface area (Å²) in [4.78, 5) is 17.9. The molecule has 0 spiro atoms. The standard InChI is InChI=1S/C15H22N6OS/c1-10(2)14-18-19-15(23-14)21-6-3-4-11(8-21)13-17-5-7-20(13)9-12(16)22/h5,7,10-11H,3-4,6,8-9H2,1-2H3,(H2,16,22). The second-order valence-electron chi connectivity index (χ2n) is 6.24. The number of hydrogen-bond acceptors (Lipinski definition) is 6. The molecule has 0 aliphatic carbocycles. The van der Waals surface area contributed by atoms with Crippen LogP contribution in [0, 0.1) is 0 Å². The maximum absolute atomic E-state index is 11.2. The van der Waals surface area contributed by atoms with Gasteiger partial charge in [-0.2, -0.15) is 0 Å². The van der Waals surface area contributed by atoms with Gasteiger partial charge in [0, 0.05) is 37.3 Å². The molecule has 8 heteroatoms. The molecule has 23 heavy (non-hydrogen) atoms. The van der Waals surface area contributed by atoms with E-state index in [1.807, 2.05) is 10.8 Å². The number of piperidine rings is 1. The van der Waals surface area contributed by atoms with Crippen molar-refractivity contribution in [2.75, 3.05) is 18.0 Å². The number of carbonyl (C=O) groups excluding carboxylic acids is 1. The summed E-state index contributed by atoms with van der Waals surface area (Å²) in [5.74, 6) is 1.27. The minimum absolute atomic E-state index is 0.183. The van der Waals surface area contributed by atoms with Gasteiger partial charge in [-0.1, -0.05) is 25.2 Å². The van der Waals surface area contributed by atoms with E-state index in [0.717, 1.165) is 41.9 Å². The average molecular weight is 334 g/mol. The number of hydrogen-bond donors (Lipinski definition) is 1. The summed E-state index contributed by atoms with van der Waals surface area (Å²) in [6, 6.07) is 0. The lowest BCUT2D eigenvalue weighted by Gasteiger charge is -2.32. The molecule has 1 aliphatic heterocycles. The van der Waals surface area contributed by atoms with Crippen molar-refractivity contribution in [1.82, 2.24) is 19.7 Å². The Morgan fingerprint density at radius 1 is 1.48 bits per heavy atom. The SMILES string of the molecule is CC(C)c1nnc(N2CCCC(c3nccn3CC(N)=O)C2)s1. The third-order valence-electron chi connectivity index (χ3n) is 4.05. The molecule has 7 nitrogen and oxygen atoms in total. The molecule has 1 aliphatic rings. The Bertz CT molecular complexity index is 679. The molecule has 0 radical (unpaired) electrons. The van der Waals surface area contributed by atoms with Crippen LogP contribution < -0.4 is 10.6 Å². The molecule has 1 unspecified atom stereocenters. The van der Waals surface area contributed by atoms with Gasteiger partial charge in [0.1, 0.15) is 17.4 Å². The van der Waals surface area contributed by atoms with Gasteiger partial charge >= 0.3 is 0 Å². The van der Waals surface area contributed by atoms with E-state index in [-0.39, 0.29) is 18.4 Å². The molecule has 1 amide bonds. The van der Waals surface area contributed by atoms with Gasteiger partial charge in [0.25, 0.3) is 0 Å². The minimum atomic E-state index is -0.345. The van der Waals surface area contributed by atoms with Gasteiger partial charge in [-0.15, -0.1) is 10.2 Å². The summed E-state index contributed by atoms with van der Waals surface area (Å²) in [5.41, 5.74) is 5.32. The Kier molecular flexibility index (Phi) is 4.61. The van der Waals surface area contributed by atoms with Crippen molar-refractivity contribution in [3.05, 3.63) is 23.2 Å². The molecule has 0 saturated carbocycles. The first-order valence-electron chi connectivity index (χ1n) is 7.92. The number of primary amides is 1. The van der Waals surface area contributed by atoms with Crippen LogP contribution in [0.4, 0.5) is 5.13 Å². The van der Waals surface area contributed by atoms with E-state index in [1.54, 1.807) is 17.5 Å². The molecule has 124 valence electrons. The molecule has 3 heterocycles. The smallest absolute Gasteiger partial charge is 0.237 e. The third-order valence-corrected chi connectivity index (χ3v) is 5.34. The normalized spacial score (nSPS) is 18.6. The highest BCUT2D eigenvalue weighted by Gasteiger charge is 2.27. The molecule has 1 saturated heterocycles. The van der Waals surface area contributed by atoms with Crippen molar-refractivity contribution in [2.45, 2.75) is 45.1 Å². The Hall–Kier alpha value is -1.96. The molecule has 1 atom stereocenters. The van der Waals surface area contributed by atoms with E-state index in [2.05, 4.69) is 33.9 Å². The van der Waals surface area contributed by atoms with E-state index in [4.69, 9.17) is 5.73 Å². The lowest BCUT2D eigenvalue weighted by Crippen LogP contribution is -2.35. The van der Waals surface area contributed by atoms with Crippen molar-refractivity contribution in [2.24, 2.45) is 5.73 Å². The molecule has 0 aromatic carbocycles. The number of imidazole rings is 1. The number of anilines is 1. The van der Waals surface area contributed by atoms with Crippen LogP contribution in [0.2, 0.25) is 0 Å². The monoisotopic (exact) mass is 334 g/mol. The van der Waals surface area contributed by atoms with E-state index in [9.17, 15) is 4.79 Å². The van der Waals surface area contributed by atoms with E-state index >= 15 is 0 Å². The van der Waals surface area contributed by atoms with Crippen molar-refractivity contribution in [3.63, 3.8) is 0 Å². The highest BCUT2D eigenvalue weighted by molar-refractivity contribution is 7.15. The van der Waals surface area contributed by atoms with E-state index in [0.29, 0.717) is 5.92 Å². The van der Waals surface area contributed by atoms with Crippen LogP contribution in [0.3, 0.4) is 0 Å². The van der Waals surface area contributed by atoms with E-state index < -0.39 is 0 Å². The predicted octanol–water partition coefficient (Wildman–Crippen LogP) is 1.73. The number of carbonyl (C=O) groups is 1. The third kappa shape index (κ3) is 3.52. The van der Waals surface area contributed by atoms with Gasteiger partial charge in [-0.05, 0) is 12.8 Å². The van der Waals surface area contributed by atoms with Crippen LogP contribution in [0.15, 0.2) is 12.4 Å². The summed E-state index contributed by atoms with van der Waals surface area (Å²) in [7, 11) is 0. The lowest BCUT2D eigenvalue weighted by atomic mass is 9.97. The largest absolute Gasteiger partial charge is 0.368 e. The maximum Gasteiger partial charge on any atom is 0.237 e. The highest BCUT2D eigenvalue weighted by Crippen LogP contribution is 2.32. The molecule has 0 bridgehead atoms. The summed E-state index contributed by atoms with van der Waals surface area (Å²) < 4.78 is 1.86. The first-order valence-corrected chi connectivity index (χ1v) is 8.74. The van der Waals surface area contributed by atoms with E-state index in [1.165, 1.54) is 0 Å². The average Bonchev–Trinajstić information content (AvgIpc) is 3.15. The first-order chi connectivity index (χ1) is 11.0. The Balaban J connectivity index is 1.75. The summed E-state index contributed by atoms with van der Waals surface area (Å²) in [5, 5.41) is 10.7. The van der Waals surface area contributed by atoms with Gasteiger partial charge in [0.2, 0.25) is 11.0 Å². The van der Waals surface area contributed by atoms with Crippen LogP contribution in [-0.2, 0) is 11.3 Å². The van der Waals surface area contributed by atoms with Gasteiger partial charge in [0.05, 0.1) is 0 Å². The van der Waals surface area contributed by atoms with Gasteiger partial charge in [0.15, 0.2) is 0 Å².